The second kappa shape index (κ2) is 2.18. The summed E-state index contributed by atoms with van der Waals surface area (Å²) in [6.45, 7) is 11.1. The van der Waals surface area contributed by atoms with Crippen molar-refractivity contribution in [2.45, 2.75) is 12.5 Å². The van der Waals surface area contributed by atoms with E-state index in [-0.39, 0.29) is 0 Å². The molecule has 5 heterocycles. The Hall–Kier alpha value is -0.120. The first kappa shape index (κ1) is 8.08. The molecule has 4 bridgehead atoms. The van der Waals surface area contributed by atoms with Crippen LogP contribution in [0.2, 0.25) is 0 Å². The fraction of sp³-hybridized carbons (Fsp3) is 1.00. The van der Waals surface area contributed by atoms with Crippen molar-refractivity contribution < 1.29 is 4.74 Å². The van der Waals surface area contributed by atoms with Gasteiger partial charge in [0, 0.05) is 50.6 Å². The Bertz CT molecular complexity index is 271. The molecule has 5 saturated heterocycles. The molecule has 0 aromatic heterocycles. The SMILES string of the molecule is CC12CN3CCN(CC(C3)[C@@]13CO3)C2. The van der Waals surface area contributed by atoms with Gasteiger partial charge in [-0.2, -0.15) is 0 Å². The lowest BCUT2D eigenvalue weighted by Gasteiger charge is -2.52. The second-order valence-corrected chi connectivity index (χ2v) is 5.91. The Morgan fingerprint density at radius 1 is 1.14 bits per heavy atom. The topological polar surface area (TPSA) is 19.0 Å². The van der Waals surface area contributed by atoms with Gasteiger partial charge in [-0.25, -0.2) is 0 Å². The third-order valence-electron chi connectivity index (χ3n) is 4.97. The van der Waals surface area contributed by atoms with E-state index in [0.717, 1.165) is 12.5 Å². The first-order valence-corrected chi connectivity index (χ1v) is 5.81. The van der Waals surface area contributed by atoms with E-state index in [1.807, 2.05) is 0 Å². The zero-order valence-corrected chi connectivity index (χ0v) is 8.83. The van der Waals surface area contributed by atoms with Gasteiger partial charge in [0.15, 0.2) is 0 Å². The number of ether oxygens (including phenoxy) is 1. The van der Waals surface area contributed by atoms with Crippen LogP contribution in [0, 0.1) is 11.3 Å². The quantitative estimate of drug-likeness (QED) is 0.507. The summed E-state index contributed by atoms with van der Waals surface area (Å²) in [5.41, 5.74) is 0.717. The van der Waals surface area contributed by atoms with Crippen LogP contribution < -0.4 is 0 Å². The molecule has 0 saturated carbocycles. The maximum atomic E-state index is 5.88. The number of fused-ring (bicyclic) bond motifs is 1. The fourth-order valence-electron chi connectivity index (χ4n) is 4.19. The van der Waals surface area contributed by atoms with E-state index in [9.17, 15) is 0 Å². The Morgan fingerprint density at radius 2 is 1.71 bits per heavy atom. The minimum Gasteiger partial charge on any atom is -0.368 e. The number of rotatable bonds is 0. The second-order valence-electron chi connectivity index (χ2n) is 5.91. The van der Waals surface area contributed by atoms with E-state index in [4.69, 9.17) is 4.74 Å². The highest BCUT2D eigenvalue weighted by Crippen LogP contribution is 2.56. The van der Waals surface area contributed by atoms with Crippen LogP contribution in [0.25, 0.3) is 0 Å². The molecule has 5 fully saturated rings. The molecule has 3 nitrogen and oxygen atoms in total. The lowest BCUT2D eigenvalue weighted by atomic mass is 9.64. The van der Waals surface area contributed by atoms with Gasteiger partial charge in [0.1, 0.15) is 5.60 Å². The molecule has 0 amide bonds. The van der Waals surface area contributed by atoms with Crippen LogP contribution in [0.3, 0.4) is 0 Å². The highest BCUT2D eigenvalue weighted by Gasteiger charge is 2.69. The molecule has 3 atom stereocenters. The molecule has 78 valence electrons. The average Bonchev–Trinajstić information content (AvgIpc) is 2.84. The van der Waals surface area contributed by atoms with Crippen molar-refractivity contribution in [1.29, 1.82) is 0 Å². The van der Waals surface area contributed by atoms with E-state index in [1.165, 1.54) is 39.3 Å². The van der Waals surface area contributed by atoms with Gasteiger partial charge in [-0.1, -0.05) is 6.92 Å². The summed E-state index contributed by atoms with van der Waals surface area (Å²) in [6, 6.07) is 0. The van der Waals surface area contributed by atoms with E-state index < -0.39 is 0 Å². The molecule has 2 unspecified atom stereocenters. The molecule has 3 heteroatoms. The van der Waals surface area contributed by atoms with Crippen molar-refractivity contribution >= 4 is 0 Å². The molecule has 0 aromatic carbocycles. The summed E-state index contributed by atoms with van der Waals surface area (Å²) in [6.07, 6.45) is 0. The van der Waals surface area contributed by atoms with Crippen molar-refractivity contribution in [3.63, 3.8) is 0 Å². The fourth-order valence-corrected chi connectivity index (χ4v) is 4.19. The molecule has 5 aliphatic rings. The minimum atomic E-state index is 0.296. The van der Waals surface area contributed by atoms with Crippen LogP contribution in [0.15, 0.2) is 0 Å². The summed E-state index contributed by atoms with van der Waals surface area (Å²) < 4.78 is 5.88. The van der Waals surface area contributed by atoms with Gasteiger partial charge in [-0.3, -0.25) is 0 Å². The van der Waals surface area contributed by atoms with Crippen LogP contribution in [0.1, 0.15) is 6.92 Å². The predicted octanol–water partition coefficient (Wildman–Crippen LogP) is 0.0227. The van der Waals surface area contributed by atoms with Crippen LogP contribution in [0.4, 0.5) is 0 Å². The summed E-state index contributed by atoms with van der Waals surface area (Å²) in [5.74, 6) is 0.789. The minimum absolute atomic E-state index is 0.296. The van der Waals surface area contributed by atoms with Crippen LogP contribution in [-0.4, -0.2) is 61.3 Å². The Labute approximate surface area is 85.0 Å². The molecular formula is C11H18N2O. The van der Waals surface area contributed by atoms with Crippen LogP contribution >= 0.6 is 0 Å². The van der Waals surface area contributed by atoms with Crippen molar-refractivity contribution in [3.8, 4) is 0 Å². The summed E-state index contributed by atoms with van der Waals surface area (Å²) >= 11 is 0. The summed E-state index contributed by atoms with van der Waals surface area (Å²) in [4.78, 5) is 5.31. The zero-order valence-electron chi connectivity index (χ0n) is 8.83. The predicted molar refractivity (Wildman–Crippen MR) is 53.2 cm³/mol. The maximum Gasteiger partial charge on any atom is 0.105 e. The van der Waals surface area contributed by atoms with Crippen molar-refractivity contribution in [2.24, 2.45) is 11.3 Å². The van der Waals surface area contributed by atoms with Crippen molar-refractivity contribution in [2.75, 3.05) is 45.9 Å². The standard InChI is InChI=1S/C11H18N2O/c1-10-6-12-2-3-13(7-10)5-9(4-12)11(10)8-14-11/h9H,2-8H2,1H3/t9?,10?,11-/m0/s1. The number of nitrogens with zero attached hydrogens (tertiary/aromatic N) is 2. The van der Waals surface area contributed by atoms with Crippen molar-refractivity contribution in [1.82, 2.24) is 9.80 Å². The Morgan fingerprint density at radius 3 is 2.14 bits per heavy atom. The third kappa shape index (κ3) is 0.765. The van der Waals surface area contributed by atoms with Crippen molar-refractivity contribution in [3.05, 3.63) is 0 Å². The molecule has 1 spiro atoms. The highest BCUT2D eigenvalue weighted by atomic mass is 16.6. The van der Waals surface area contributed by atoms with Gasteiger partial charge < -0.3 is 14.5 Å². The summed E-state index contributed by atoms with van der Waals surface area (Å²) in [5, 5.41) is 0. The van der Waals surface area contributed by atoms with Gasteiger partial charge >= 0.3 is 0 Å². The summed E-state index contributed by atoms with van der Waals surface area (Å²) in [7, 11) is 0. The van der Waals surface area contributed by atoms with E-state index in [1.54, 1.807) is 0 Å². The Balaban J connectivity index is 1.82. The molecule has 0 aliphatic carbocycles. The smallest absolute Gasteiger partial charge is 0.105 e. The zero-order chi connectivity index (χ0) is 9.39. The van der Waals surface area contributed by atoms with Gasteiger partial charge in [-0.15, -0.1) is 0 Å². The monoisotopic (exact) mass is 194 g/mol. The largest absolute Gasteiger partial charge is 0.368 e. The van der Waals surface area contributed by atoms with E-state index in [2.05, 4.69) is 16.7 Å². The maximum absolute atomic E-state index is 5.88. The number of epoxide rings is 1. The first-order valence-electron chi connectivity index (χ1n) is 5.81. The van der Waals surface area contributed by atoms with Gasteiger partial charge in [0.25, 0.3) is 0 Å². The lowest BCUT2D eigenvalue weighted by Crippen LogP contribution is -2.64. The normalized spacial score (nSPS) is 64.5. The molecular weight excluding hydrogens is 176 g/mol. The highest BCUT2D eigenvalue weighted by molar-refractivity contribution is 5.19. The van der Waals surface area contributed by atoms with Crippen LogP contribution in [-0.2, 0) is 4.74 Å². The number of piperidine rings is 2. The van der Waals surface area contributed by atoms with E-state index in [0.29, 0.717) is 11.0 Å². The molecule has 5 aliphatic heterocycles. The van der Waals surface area contributed by atoms with Gasteiger partial charge in [0.05, 0.1) is 6.61 Å². The number of hydrogen-bond acceptors (Lipinski definition) is 3. The third-order valence-corrected chi connectivity index (χ3v) is 4.97. The molecule has 0 radical (unpaired) electrons. The first-order chi connectivity index (χ1) is 6.72. The van der Waals surface area contributed by atoms with Gasteiger partial charge in [0.2, 0.25) is 0 Å². The molecule has 14 heavy (non-hydrogen) atoms. The van der Waals surface area contributed by atoms with Gasteiger partial charge in [-0.05, 0) is 0 Å². The molecule has 0 aromatic rings. The molecule has 0 N–H and O–H groups in total. The van der Waals surface area contributed by atoms with E-state index >= 15 is 0 Å². The Kier molecular flexibility index (Phi) is 1.26. The average molecular weight is 194 g/mol. The molecule has 5 rings (SSSR count). The number of hydrogen-bond donors (Lipinski definition) is 0. The lowest BCUT2D eigenvalue weighted by molar-refractivity contribution is -0.0675. The van der Waals surface area contributed by atoms with Crippen LogP contribution in [0.5, 0.6) is 0 Å².